The van der Waals surface area contributed by atoms with Crippen molar-refractivity contribution >= 4 is 59.7 Å². The van der Waals surface area contributed by atoms with Gasteiger partial charge in [-0.1, -0.05) is 196 Å². The molecule has 8 aromatic carbocycles. The molecule has 26 heteroatoms. The van der Waals surface area contributed by atoms with Gasteiger partial charge in [0, 0.05) is 82.6 Å². The van der Waals surface area contributed by atoms with Crippen molar-refractivity contribution in [2.45, 2.75) is 124 Å². The first kappa shape index (κ1) is 91.7. The van der Waals surface area contributed by atoms with Gasteiger partial charge < -0.3 is 34.3 Å². The van der Waals surface area contributed by atoms with Crippen LogP contribution in [0.5, 0.6) is 0 Å². The highest BCUT2D eigenvalue weighted by atomic mass is 32.2. The number of carboxylic acid groups (broad SMARTS) is 1. The molecule has 1 heterocycles. The average Bonchev–Trinajstić information content (AvgIpc) is 0.822. The highest BCUT2D eigenvalue weighted by Gasteiger charge is 2.39. The molecule has 0 aromatic heterocycles. The molecule has 1 aliphatic heterocycles. The number of nitrogens with zero attached hydrogens (tertiary/aromatic N) is 4. The molecule has 1 aliphatic rings. The number of sulfonamides is 3. The van der Waals surface area contributed by atoms with Crippen molar-refractivity contribution in [3.05, 3.63) is 287 Å². The molecule has 1 fully saturated rings. The number of amides is 1. The molecule has 109 heavy (non-hydrogen) atoms. The summed E-state index contributed by atoms with van der Waals surface area (Å²) < 4.78 is 122. The largest absolute Gasteiger partial charge is 0.479 e. The minimum Gasteiger partial charge on any atom is -0.479 e. The van der Waals surface area contributed by atoms with Crippen molar-refractivity contribution in [2.24, 2.45) is 5.92 Å². The number of carbonyl (C=O) groups excluding carboxylic acids is 4. The third-order valence-electron chi connectivity index (χ3n) is 15.6. The van der Waals surface area contributed by atoms with Gasteiger partial charge in [0.05, 0.1) is 37.6 Å². The van der Waals surface area contributed by atoms with Crippen LogP contribution < -0.4 is 5.32 Å². The van der Waals surface area contributed by atoms with Gasteiger partial charge in [0.1, 0.15) is 23.0 Å². The number of ether oxygens (including phenoxy) is 4. The Kier molecular flexibility index (Phi) is 38.2. The zero-order chi connectivity index (χ0) is 81.0. The second-order valence-corrected chi connectivity index (χ2v) is 32.8. The topological polar surface area (TPSA) is 270 Å². The van der Waals surface area contributed by atoms with E-state index in [1.54, 1.807) is 98.0 Å². The van der Waals surface area contributed by atoms with Gasteiger partial charge in [-0.15, -0.1) is 0 Å². The fourth-order valence-corrected chi connectivity index (χ4v) is 12.4. The van der Waals surface area contributed by atoms with E-state index in [0.717, 1.165) is 23.2 Å². The number of hydrogen-bond acceptors (Lipinski definition) is 16. The summed E-state index contributed by atoms with van der Waals surface area (Å²) in [5.41, 5.74) is 5.29. The van der Waals surface area contributed by atoms with Crippen molar-refractivity contribution in [1.82, 2.24) is 23.1 Å². The van der Waals surface area contributed by atoms with Crippen LogP contribution in [0.25, 0.3) is 0 Å². The van der Waals surface area contributed by atoms with Crippen LogP contribution in [-0.4, -0.2) is 155 Å². The maximum atomic E-state index is 13.4. The fourth-order valence-electron chi connectivity index (χ4n) is 10.2. The summed E-state index contributed by atoms with van der Waals surface area (Å²) >= 11 is 0. The lowest BCUT2D eigenvalue weighted by Crippen LogP contribution is -2.48. The Bertz CT molecular complexity index is 4500. The Morgan fingerprint density at radius 3 is 1.45 bits per heavy atom. The smallest absolute Gasteiger partial charge is 0.337 e. The molecule has 2 N–H and O–H groups in total. The van der Waals surface area contributed by atoms with Gasteiger partial charge in [-0.25, -0.2) is 43.8 Å². The predicted octanol–water partition coefficient (Wildman–Crippen LogP) is 13.4. The third kappa shape index (κ3) is 35.5. The number of nitrogens with one attached hydrogen (secondary N) is 1. The SMILES string of the molecule is CC(C)C(=O)N(CC[C@@H]1C[C@H](CC(=O)OC(C)(C)C)OC(C)(C)O1)C(C(=O)O)c1ccc(F)cc1.CN(Cc1ccccc1)S(=O)(=O)C#Cc1ccccc1.CN(Cc1ccccc1)S(=O)(=O)CC(=O)c1ccccc1.CN(Cc1ccccc1)S(C)(=O)=O.CNCc1ccccc1.COC(=O)c1ccc(F)cc1. The molecule has 21 nitrogen and oxygen atoms in total. The molecule has 1 amide bonds. The highest BCUT2D eigenvalue weighted by molar-refractivity contribution is 7.93. The van der Waals surface area contributed by atoms with Gasteiger partial charge in [-0.2, -0.15) is 12.7 Å². The third-order valence-corrected chi connectivity index (χ3v) is 19.9. The van der Waals surface area contributed by atoms with Crippen LogP contribution in [0.15, 0.2) is 231 Å². The van der Waals surface area contributed by atoms with E-state index >= 15 is 0 Å². The van der Waals surface area contributed by atoms with E-state index in [1.807, 2.05) is 134 Å². The first-order valence-corrected chi connectivity index (χ1v) is 39.7. The van der Waals surface area contributed by atoms with E-state index in [9.17, 15) is 63.1 Å². The van der Waals surface area contributed by atoms with Gasteiger partial charge in [-0.05, 0) is 130 Å². The standard InChI is InChI=1S/C26H38FNO7.C16H17NO3S.C16H15NO2S.C9H13NO2S.C8H7FO2.C8H11N/c1-16(2)23(30)28(22(24(31)32)17-8-10-18(27)11-9-17)13-12-19-14-20(34-26(6,7)33-19)15-21(29)35-25(3,4)5;1-17(12-14-8-4-2-5-9-14)21(19,20)13-16(18)15-10-6-3-7-11-15;1-17(14-16-10-6-3-7-11-16)20(18,19)13-12-15-8-4-2-5-9-15;1-10(13(2,11)12)8-9-6-4-3-5-7-9;1-11-8(10)6-2-4-7(9)5-3-6;1-9-7-8-5-3-2-4-6-8/h8-11,16,19-20,22H,12-15H2,1-7H3,(H,31,32);2-11H,12-13H2,1H3;2-11H,14H2,1H3;3-7H,8H2,1-2H3;2-5H,1H3;2-6,9H,7H2,1H3/t19-,20-,22?;;;;;/m1...../s1. The van der Waals surface area contributed by atoms with E-state index in [2.05, 4.69) is 33.4 Å². The summed E-state index contributed by atoms with van der Waals surface area (Å²) in [5, 5.41) is 15.4. The highest BCUT2D eigenvalue weighted by Crippen LogP contribution is 2.32. The van der Waals surface area contributed by atoms with E-state index in [4.69, 9.17) is 14.2 Å². The van der Waals surface area contributed by atoms with Crippen LogP contribution >= 0.6 is 0 Å². The van der Waals surface area contributed by atoms with Gasteiger partial charge in [0.25, 0.3) is 10.0 Å². The molecule has 8 aromatic rings. The molecule has 3 atom stereocenters. The van der Waals surface area contributed by atoms with Crippen LogP contribution in [0.2, 0.25) is 0 Å². The zero-order valence-electron chi connectivity index (χ0n) is 64.0. The normalized spacial score (nSPS) is 14.0. The number of rotatable bonds is 24. The van der Waals surface area contributed by atoms with Crippen LogP contribution in [0.3, 0.4) is 0 Å². The molecule has 0 radical (unpaired) electrons. The molecule has 1 unspecified atom stereocenters. The van der Waals surface area contributed by atoms with E-state index < -0.39 is 88.8 Å². The summed E-state index contributed by atoms with van der Waals surface area (Å²) in [7, 11) is -2.45. The van der Waals surface area contributed by atoms with E-state index in [-0.39, 0.29) is 43.3 Å². The van der Waals surface area contributed by atoms with Crippen LogP contribution in [0.4, 0.5) is 8.78 Å². The Balaban J connectivity index is 0.000000293. The zero-order valence-corrected chi connectivity index (χ0v) is 66.4. The number of hydrogen-bond donors (Lipinski definition) is 2. The lowest BCUT2D eigenvalue weighted by atomic mass is 10.00. The summed E-state index contributed by atoms with van der Waals surface area (Å²) in [6.45, 7) is 14.3. The van der Waals surface area contributed by atoms with Gasteiger partial charge in [0.2, 0.25) is 26.0 Å². The number of Topliss-reactive ketones (excluding diaryl/α,β-unsaturated/α-hetero) is 1. The lowest BCUT2D eigenvalue weighted by Gasteiger charge is -2.41. The fraction of sp³-hybridized carbons (Fsp3) is 0.337. The molecule has 9 rings (SSSR count). The number of carbonyl (C=O) groups is 5. The lowest BCUT2D eigenvalue weighted by molar-refractivity contribution is -0.301. The van der Waals surface area contributed by atoms with E-state index in [0.29, 0.717) is 48.2 Å². The quantitative estimate of drug-likeness (QED) is 0.0323. The van der Waals surface area contributed by atoms with Gasteiger partial charge >= 0.3 is 17.9 Å². The Morgan fingerprint density at radius 2 is 1.02 bits per heavy atom. The van der Waals surface area contributed by atoms with E-state index in [1.165, 1.54) is 99.4 Å². The first-order chi connectivity index (χ1) is 51.3. The Hall–Kier alpha value is -9.66. The first-order valence-electron chi connectivity index (χ1n) is 34.8. The maximum Gasteiger partial charge on any atom is 0.337 e. The second-order valence-electron chi connectivity index (χ2n) is 26.8. The average molecular weight is 1560 g/mol. The van der Waals surface area contributed by atoms with Crippen LogP contribution in [0, 0.1) is 28.7 Å². The number of ketones is 1. The van der Waals surface area contributed by atoms with Crippen molar-refractivity contribution in [2.75, 3.05) is 53.9 Å². The van der Waals surface area contributed by atoms with Gasteiger partial charge in [0.15, 0.2) is 17.6 Å². The molecule has 1 saturated heterocycles. The number of carboxylic acids is 1. The summed E-state index contributed by atoms with van der Waals surface area (Å²) in [6, 6.07) is 65.1. The molecule has 0 bridgehead atoms. The van der Waals surface area contributed by atoms with Crippen molar-refractivity contribution < 1.29 is 82.1 Å². The van der Waals surface area contributed by atoms with Crippen LogP contribution in [0.1, 0.15) is 128 Å². The minimum atomic E-state index is -3.62. The monoisotopic (exact) mass is 1560 g/mol. The summed E-state index contributed by atoms with van der Waals surface area (Å²) in [4.78, 5) is 61.7. The summed E-state index contributed by atoms with van der Waals surface area (Å²) in [6.07, 6.45) is 1.16. The number of benzene rings is 8. The molecular weight excluding hydrogens is 1460 g/mol. The minimum absolute atomic E-state index is 0.0581. The van der Waals surface area contributed by atoms with Gasteiger partial charge in [-0.3, -0.25) is 14.4 Å². The van der Waals surface area contributed by atoms with Crippen LogP contribution in [-0.2, 0) is 89.6 Å². The molecule has 586 valence electrons. The number of aliphatic carboxylic acids is 1. The Morgan fingerprint density at radius 1 is 0.596 bits per heavy atom. The molecular formula is C83H101F2N5O16S3. The summed E-state index contributed by atoms with van der Waals surface area (Å²) in [5.74, 6) is -2.87. The molecule has 0 saturated carbocycles. The molecule has 0 aliphatic carbocycles. The van der Waals surface area contributed by atoms with Crippen molar-refractivity contribution in [3.63, 3.8) is 0 Å². The molecule has 0 spiro atoms. The second kappa shape index (κ2) is 45.4. The number of esters is 2. The predicted molar refractivity (Wildman–Crippen MR) is 419 cm³/mol. The number of methoxy groups -OCH3 is 1. The van der Waals surface area contributed by atoms with Crippen molar-refractivity contribution in [1.29, 1.82) is 0 Å². The Labute approximate surface area is 642 Å². The van der Waals surface area contributed by atoms with Crippen molar-refractivity contribution in [3.8, 4) is 11.2 Å². The number of halogens is 2. The maximum absolute atomic E-state index is 13.4.